The van der Waals surface area contributed by atoms with Crippen molar-refractivity contribution in [3.8, 4) is 0 Å². The number of carbonyl (C=O) groups excluding carboxylic acids is 2. The molecule has 0 bridgehead atoms. The molecule has 0 unspecified atom stereocenters. The van der Waals surface area contributed by atoms with Crippen molar-refractivity contribution in [1.82, 2.24) is 9.13 Å². The molecule has 90 valence electrons. The Morgan fingerprint density at radius 1 is 1.12 bits per heavy atom. The Labute approximate surface area is 98.4 Å². The van der Waals surface area contributed by atoms with E-state index in [9.17, 15) is 9.59 Å². The van der Waals surface area contributed by atoms with Crippen LogP contribution in [0.3, 0.4) is 0 Å². The van der Waals surface area contributed by atoms with Crippen LogP contribution in [0, 0.1) is 0 Å². The van der Waals surface area contributed by atoms with Gasteiger partial charge < -0.3 is 9.13 Å². The fourth-order valence-electron chi connectivity index (χ4n) is 1.54. The summed E-state index contributed by atoms with van der Waals surface area (Å²) in [5.74, 6) is -0.143. The highest BCUT2D eigenvalue weighted by molar-refractivity contribution is 6.87. The lowest BCUT2D eigenvalue weighted by Crippen LogP contribution is -2.63. The molecular weight excluding hydrogens is 220 g/mol. The van der Waals surface area contributed by atoms with Gasteiger partial charge in [-0.15, -0.1) is 6.58 Å². The molecule has 0 aromatic heterocycles. The van der Waals surface area contributed by atoms with Gasteiger partial charge in [0.2, 0.25) is 11.8 Å². The zero-order valence-corrected chi connectivity index (χ0v) is 11.7. The van der Waals surface area contributed by atoms with Crippen LogP contribution in [0.1, 0.15) is 20.8 Å². The topological polar surface area (TPSA) is 40.6 Å². The van der Waals surface area contributed by atoms with E-state index < -0.39 is 8.40 Å². The van der Waals surface area contributed by atoms with Crippen molar-refractivity contribution in [2.24, 2.45) is 0 Å². The molecule has 0 saturated heterocycles. The minimum absolute atomic E-state index is 0.0715. The highest BCUT2D eigenvalue weighted by Gasteiger charge is 2.40. The summed E-state index contributed by atoms with van der Waals surface area (Å²) >= 11 is 0. The standard InChI is InChI=1S/C11H20N2O2Si/c1-7-9-16(8-2,12(5)10(3)14)13(6)11(4)15/h7-9H,2H2,1,3-6H3. The number of amides is 2. The molecule has 0 atom stereocenters. The molecule has 0 saturated carbocycles. The van der Waals surface area contributed by atoms with Gasteiger partial charge in [-0.05, 0) is 6.92 Å². The first kappa shape index (κ1) is 14.6. The van der Waals surface area contributed by atoms with E-state index in [0.717, 1.165) is 0 Å². The predicted molar refractivity (Wildman–Crippen MR) is 67.7 cm³/mol. The molecule has 5 heteroatoms. The van der Waals surface area contributed by atoms with Crippen molar-refractivity contribution < 1.29 is 9.59 Å². The number of carbonyl (C=O) groups is 2. The summed E-state index contributed by atoms with van der Waals surface area (Å²) in [7, 11) is 0.857. The maximum absolute atomic E-state index is 11.5. The summed E-state index contributed by atoms with van der Waals surface area (Å²) in [4.78, 5) is 23.0. The number of hydrogen-bond donors (Lipinski definition) is 0. The average molecular weight is 240 g/mol. The van der Waals surface area contributed by atoms with E-state index in [1.54, 1.807) is 28.9 Å². The molecule has 2 amide bonds. The van der Waals surface area contributed by atoms with Crippen LogP contribution >= 0.6 is 0 Å². The van der Waals surface area contributed by atoms with Gasteiger partial charge in [0.1, 0.15) is 0 Å². The van der Waals surface area contributed by atoms with Crippen molar-refractivity contribution in [2.45, 2.75) is 20.8 Å². The summed E-state index contributed by atoms with van der Waals surface area (Å²) in [6.45, 7) is 8.63. The molecule has 0 aliphatic heterocycles. The van der Waals surface area contributed by atoms with Crippen molar-refractivity contribution in [3.05, 3.63) is 24.1 Å². The zero-order chi connectivity index (χ0) is 12.9. The van der Waals surface area contributed by atoms with Gasteiger partial charge in [0.05, 0.1) is 0 Å². The summed E-state index contributed by atoms with van der Waals surface area (Å²) in [5, 5.41) is 0. The smallest absolute Gasteiger partial charge is 0.319 e. The first-order valence-electron chi connectivity index (χ1n) is 5.09. The Kier molecular flexibility index (Phi) is 5.17. The molecule has 0 fully saturated rings. The molecule has 0 N–H and O–H groups in total. The van der Waals surface area contributed by atoms with Gasteiger partial charge in [-0.1, -0.05) is 17.5 Å². The van der Waals surface area contributed by atoms with Crippen LogP contribution in [0.15, 0.2) is 24.1 Å². The van der Waals surface area contributed by atoms with Crippen LogP contribution in [-0.2, 0) is 9.59 Å². The molecule has 0 aromatic carbocycles. The molecule has 0 aliphatic carbocycles. The number of allylic oxidation sites excluding steroid dienone is 1. The monoisotopic (exact) mass is 240 g/mol. The third kappa shape index (κ3) is 2.60. The first-order valence-corrected chi connectivity index (χ1v) is 7.14. The minimum Gasteiger partial charge on any atom is -0.348 e. The van der Waals surface area contributed by atoms with Crippen molar-refractivity contribution in [2.75, 3.05) is 14.1 Å². The lowest BCUT2D eigenvalue weighted by atomic mass is 10.7. The predicted octanol–water partition coefficient (Wildman–Crippen LogP) is 1.23. The van der Waals surface area contributed by atoms with E-state index in [-0.39, 0.29) is 11.8 Å². The van der Waals surface area contributed by atoms with Crippen LogP contribution in [0.2, 0.25) is 0 Å². The van der Waals surface area contributed by atoms with E-state index in [4.69, 9.17) is 0 Å². The third-order valence-electron chi connectivity index (χ3n) is 2.73. The lowest BCUT2D eigenvalue weighted by molar-refractivity contribution is -0.125. The Bertz CT molecular complexity index is 306. The fraction of sp³-hybridized carbons (Fsp3) is 0.455. The Hall–Kier alpha value is -1.36. The number of nitrogens with zero attached hydrogens (tertiary/aromatic N) is 2. The molecule has 0 aromatic rings. The first-order chi connectivity index (χ1) is 7.33. The highest BCUT2D eigenvalue weighted by atomic mass is 28.3. The molecular formula is C11H20N2O2Si. The summed E-state index contributed by atoms with van der Waals surface area (Å²) in [6, 6.07) is 0. The molecule has 4 nitrogen and oxygen atoms in total. The molecule has 0 aliphatic rings. The van der Waals surface area contributed by atoms with Crippen molar-refractivity contribution in [1.29, 1.82) is 0 Å². The van der Waals surface area contributed by atoms with Gasteiger partial charge in [0, 0.05) is 27.9 Å². The second-order valence-corrected chi connectivity index (χ2v) is 7.29. The fourth-order valence-corrected chi connectivity index (χ4v) is 4.62. The van der Waals surface area contributed by atoms with Crippen LogP contribution < -0.4 is 0 Å². The van der Waals surface area contributed by atoms with Crippen LogP contribution in [-0.4, -0.2) is 43.4 Å². The van der Waals surface area contributed by atoms with Crippen molar-refractivity contribution in [3.63, 3.8) is 0 Å². The van der Waals surface area contributed by atoms with Crippen molar-refractivity contribution >= 4 is 20.2 Å². The van der Waals surface area contributed by atoms with E-state index in [2.05, 4.69) is 6.58 Å². The van der Waals surface area contributed by atoms with E-state index in [1.807, 2.05) is 18.7 Å². The lowest BCUT2D eigenvalue weighted by Gasteiger charge is -2.40. The molecule has 0 spiro atoms. The SMILES string of the molecule is C=C[Si](C=CC)(N(C)C(C)=O)N(C)C(C)=O. The maximum atomic E-state index is 11.5. The van der Waals surface area contributed by atoms with Gasteiger partial charge >= 0.3 is 8.40 Å². The van der Waals surface area contributed by atoms with Crippen LogP contribution in [0.5, 0.6) is 0 Å². The van der Waals surface area contributed by atoms with Gasteiger partial charge in [-0.25, -0.2) is 0 Å². The molecule has 0 heterocycles. The molecule has 16 heavy (non-hydrogen) atoms. The van der Waals surface area contributed by atoms with Gasteiger partial charge in [-0.3, -0.25) is 9.59 Å². The minimum atomic E-state index is -2.55. The second kappa shape index (κ2) is 5.65. The Balaban J connectivity index is 5.56. The summed E-state index contributed by atoms with van der Waals surface area (Å²) in [5.41, 5.74) is 3.62. The number of hydrogen-bond acceptors (Lipinski definition) is 2. The average Bonchev–Trinajstić information content (AvgIpc) is 2.23. The van der Waals surface area contributed by atoms with Gasteiger partial charge in [0.25, 0.3) is 0 Å². The van der Waals surface area contributed by atoms with Crippen LogP contribution in [0.4, 0.5) is 0 Å². The molecule has 0 radical (unpaired) electrons. The zero-order valence-electron chi connectivity index (χ0n) is 10.7. The Morgan fingerprint density at radius 2 is 1.50 bits per heavy atom. The Morgan fingerprint density at radius 3 is 1.69 bits per heavy atom. The third-order valence-corrected chi connectivity index (χ3v) is 6.94. The normalized spacial score (nSPS) is 11.3. The van der Waals surface area contributed by atoms with Gasteiger partial charge in [-0.2, -0.15) is 0 Å². The largest absolute Gasteiger partial charge is 0.348 e. The number of rotatable bonds is 4. The van der Waals surface area contributed by atoms with E-state index in [1.165, 1.54) is 13.8 Å². The maximum Gasteiger partial charge on any atom is 0.319 e. The summed E-state index contributed by atoms with van der Waals surface area (Å²) < 4.78 is 3.22. The summed E-state index contributed by atoms with van der Waals surface area (Å²) in [6.07, 6.45) is 1.85. The quantitative estimate of drug-likeness (QED) is 0.693. The molecule has 0 rings (SSSR count). The van der Waals surface area contributed by atoms with E-state index >= 15 is 0 Å². The van der Waals surface area contributed by atoms with Crippen LogP contribution in [0.25, 0.3) is 0 Å². The second-order valence-electron chi connectivity index (χ2n) is 3.64. The highest BCUT2D eigenvalue weighted by Crippen LogP contribution is 2.16. The van der Waals surface area contributed by atoms with Gasteiger partial charge in [0.15, 0.2) is 0 Å². The van der Waals surface area contributed by atoms with E-state index in [0.29, 0.717) is 0 Å².